The van der Waals surface area contributed by atoms with Gasteiger partial charge in [-0.25, -0.2) is 0 Å². The minimum absolute atomic E-state index is 0.0175. The van der Waals surface area contributed by atoms with E-state index in [0.29, 0.717) is 0 Å². The Morgan fingerprint density at radius 3 is 2.53 bits per heavy atom. The standard InChI is InChI=1S/C23H29N3O3S/c1-30-13-12-17-18-19(21(28)26(20(18)27)14-8-4-2-3-5-9-14)23(25-17)15-10-6-7-11-16(15)24-22(23)29/h6-7,10-11,14,17-19,25H,2-5,8-9,12-13H2,1H3,(H,24,29). The van der Waals surface area contributed by atoms with E-state index in [0.717, 1.165) is 61.9 Å². The number of benzene rings is 1. The van der Waals surface area contributed by atoms with Crippen LogP contribution in [0.3, 0.4) is 0 Å². The summed E-state index contributed by atoms with van der Waals surface area (Å²) in [5.74, 6) is -0.666. The number of fused-ring (bicyclic) bond motifs is 4. The Hall–Kier alpha value is -1.86. The fourth-order valence-electron chi connectivity index (χ4n) is 6.15. The Morgan fingerprint density at radius 1 is 1.07 bits per heavy atom. The molecular formula is C23H29N3O3S. The zero-order valence-corrected chi connectivity index (χ0v) is 18.2. The first-order valence-electron chi connectivity index (χ1n) is 11.1. The Kier molecular flexibility index (Phi) is 5.14. The predicted octanol–water partition coefficient (Wildman–Crippen LogP) is 2.88. The molecule has 1 saturated carbocycles. The first kappa shape index (κ1) is 20.1. The summed E-state index contributed by atoms with van der Waals surface area (Å²) in [6, 6.07) is 7.38. The number of nitrogens with zero attached hydrogens (tertiary/aromatic N) is 1. The average molecular weight is 428 g/mol. The normalized spacial score (nSPS) is 33.7. The van der Waals surface area contributed by atoms with Crippen molar-refractivity contribution in [1.82, 2.24) is 10.2 Å². The van der Waals surface area contributed by atoms with Crippen LogP contribution < -0.4 is 10.6 Å². The van der Waals surface area contributed by atoms with E-state index in [1.165, 1.54) is 0 Å². The molecule has 160 valence electrons. The van der Waals surface area contributed by atoms with Gasteiger partial charge in [-0.2, -0.15) is 11.8 Å². The number of amides is 3. The zero-order valence-electron chi connectivity index (χ0n) is 17.4. The molecule has 1 aromatic rings. The molecule has 1 aliphatic carbocycles. The quantitative estimate of drug-likeness (QED) is 0.571. The molecule has 4 atom stereocenters. The van der Waals surface area contributed by atoms with E-state index < -0.39 is 17.4 Å². The van der Waals surface area contributed by atoms with Crippen LogP contribution in [0.4, 0.5) is 5.69 Å². The first-order valence-corrected chi connectivity index (χ1v) is 12.5. The van der Waals surface area contributed by atoms with Crippen LogP contribution in [0.2, 0.25) is 0 Å². The number of hydrogen-bond donors (Lipinski definition) is 2. The monoisotopic (exact) mass is 427 g/mol. The molecule has 3 fully saturated rings. The number of likely N-dealkylation sites (tertiary alicyclic amines) is 1. The van der Waals surface area contributed by atoms with Gasteiger partial charge in [0.05, 0.1) is 11.8 Å². The molecule has 5 rings (SSSR count). The van der Waals surface area contributed by atoms with Crippen LogP contribution in [-0.4, -0.2) is 46.7 Å². The van der Waals surface area contributed by atoms with Crippen molar-refractivity contribution in [2.75, 3.05) is 17.3 Å². The second-order valence-electron chi connectivity index (χ2n) is 9.04. The second kappa shape index (κ2) is 7.68. The molecule has 3 heterocycles. The third kappa shape index (κ3) is 2.78. The van der Waals surface area contributed by atoms with Gasteiger partial charge in [-0.1, -0.05) is 43.9 Å². The van der Waals surface area contributed by atoms with Gasteiger partial charge in [-0.15, -0.1) is 0 Å². The third-order valence-electron chi connectivity index (χ3n) is 7.48. The SMILES string of the molecule is CSCCC1NC2(C(=O)Nc3ccccc32)C2C(=O)N(C3CCCCCC3)C(=O)C12. The highest BCUT2D eigenvalue weighted by atomic mass is 32.2. The van der Waals surface area contributed by atoms with Crippen LogP contribution in [0, 0.1) is 11.8 Å². The van der Waals surface area contributed by atoms with Crippen molar-refractivity contribution in [2.24, 2.45) is 11.8 Å². The van der Waals surface area contributed by atoms with E-state index in [4.69, 9.17) is 0 Å². The average Bonchev–Trinajstić information content (AvgIpc) is 3.21. The molecule has 7 heteroatoms. The van der Waals surface area contributed by atoms with Crippen molar-refractivity contribution in [2.45, 2.75) is 62.6 Å². The molecule has 2 saturated heterocycles. The van der Waals surface area contributed by atoms with Crippen molar-refractivity contribution in [3.05, 3.63) is 29.8 Å². The van der Waals surface area contributed by atoms with Crippen LogP contribution >= 0.6 is 11.8 Å². The number of nitrogens with one attached hydrogen (secondary N) is 2. The number of carbonyl (C=O) groups excluding carboxylic acids is 3. The maximum absolute atomic E-state index is 13.8. The van der Waals surface area contributed by atoms with Crippen molar-refractivity contribution >= 4 is 35.2 Å². The summed E-state index contributed by atoms with van der Waals surface area (Å²) in [6.45, 7) is 0. The molecule has 4 aliphatic rings. The molecule has 3 aliphatic heterocycles. The van der Waals surface area contributed by atoms with Gasteiger partial charge in [0.2, 0.25) is 17.7 Å². The molecule has 3 amide bonds. The topological polar surface area (TPSA) is 78.5 Å². The molecule has 0 radical (unpaired) electrons. The van der Waals surface area contributed by atoms with E-state index in [1.54, 1.807) is 16.7 Å². The highest BCUT2D eigenvalue weighted by molar-refractivity contribution is 7.98. The van der Waals surface area contributed by atoms with Crippen molar-refractivity contribution in [3.8, 4) is 0 Å². The van der Waals surface area contributed by atoms with Crippen LogP contribution in [0.5, 0.6) is 0 Å². The number of carbonyl (C=O) groups is 3. The molecule has 4 unspecified atom stereocenters. The molecule has 2 N–H and O–H groups in total. The van der Waals surface area contributed by atoms with Crippen LogP contribution in [0.15, 0.2) is 24.3 Å². The number of para-hydroxylation sites is 1. The van der Waals surface area contributed by atoms with Crippen molar-refractivity contribution in [1.29, 1.82) is 0 Å². The Morgan fingerprint density at radius 2 is 1.80 bits per heavy atom. The van der Waals surface area contributed by atoms with E-state index in [9.17, 15) is 14.4 Å². The van der Waals surface area contributed by atoms with Gasteiger partial charge >= 0.3 is 0 Å². The van der Waals surface area contributed by atoms with Crippen LogP contribution in [-0.2, 0) is 19.9 Å². The lowest BCUT2D eigenvalue weighted by Gasteiger charge is -2.32. The summed E-state index contributed by atoms with van der Waals surface area (Å²) in [5.41, 5.74) is 0.407. The number of thioether (sulfide) groups is 1. The van der Waals surface area contributed by atoms with Gasteiger partial charge < -0.3 is 5.32 Å². The zero-order chi connectivity index (χ0) is 20.9. The number of hydrogen-bond acceptors (Lipinski definition) is 5. The van der Waals surface area contributed by atoms with Gasteiger partial charge in [0.25, 0.3) is 0 Å². The van der Waals surface area contributed by atoms with Gasteiger partial charge in [0.1, 0.15) is 5.54 Å². The molecular weight excluding hydrogens is 398 g/mol. The van der Waals surface area contributed by atoms with Gasteiger partial charge in [-0.05, 0) is 37.3 Å². The van der Waals surface area contributed by atoms with Crippen molar-refractivity contribution < 1.29 is 14.4 Å². The molecule has 6 nitrogen and oxygen atoms in total. The lowest BCUT2D eigenvalue weighted by molar-refractivity contribution is -0.145. The fourth-order valence-corrected chi connectivity index (χ4v) is 6.64. The third-order valence-corrected chi connectivity index (χ3v) is 8.12. The fraction of sp³-hybridized carbons (Fsp3) is 0.609. The Labute approximate surface area is 181 Å². The smallest absolute Gasteiger partial charge is 0.250 e. The van der Waals surface area contributed by atoms with E-state index >= 15 is 0 Å². The summed E-state index contributed by atoms with van der Waals surface area (Å²) in [5, 5.41) is 6.48. The van der Waals surface area contributed by atoms with Gasteiger partial charge in [0, 0.05) is 23.3 Å². The Bertz CT molecular complexity index is 882. The minimum atomic E-state index is -1.14. The molecule has 0 aromatic heterocycles. The lowest BCUT2D eigenvalue weighted by atomic mass is 9.76. The predicted molar refractivity (Wildman–Crippen MR) is 117 cm³/mol. The Balaban J connectivity index is 1.58. The number of anilines is 1. The summed E-state index contributed by atoms with van der Waals surface area (Å²) in [6.07, 6.45) is 9.01. The van der Waals surface area contributed by atoms with Crippen LogP contribution in [0.25, 0.3) is 0 Å². The van der Waals surface area contributed by atoms with Gasteiger partial charge in [0.15, 0.2) is 0 Å². The maximum Gasteiger partial charge on any atom is 0.250 e. The molecule has 1 aromatic carbocycles. The van der Waals surface area contributed by atoms with E-state index in [1.807, 2.05) is 30.5 Å². The summed E-state index contributed by atoms with van der Waals surface area (Å²) in [7, 11) is 0. The lowest BCUT2D eigenvalue weighted by Crippen LogP contribution is -2.54. The summed E-state index contributed by atoms with van der Waals surface area (Å²) < 4.78 is 0. The first-order chi connectivity index (χ1) is 14.6. The van der Waals surface area contributed by atoms with Crippen LogP contribution in [0.1, 0.15) is 50.5 Å². The highest BCUT2D eigenvalue weighted by Gasteiger charge is 2.70. The molecule has 0 bridgehead atoms. The van der Waals surface area contributed by atoms with Gasteiger partial charge in [-0.3, -0.25) is 24.6 Å². The van der Waals surface area contributed by atoms with Crippen molar-refractivity contribution in [3.63, 3.8) is 0 Å². The molecule has 30 heavy (non-hydrogen) atoms. The second-order valence-corrected chi connectivity index (χ2v) is 10.0. The number of imide groups is 1. The number of rotatable bonds is 4. The van der Waals surface area contributed by atoms with E-state index in [2.05, 4.69) is 10.6 Å². The minimum Gasteiger partial charge on any atom is -0.324 e. The van der Waals surface area contributed by atoms with E-state index in [-0.39, 0.29) is 29.8 Å². The largest absolute Gasteiger partial charge is 0.324 e. The molecule has 1 spiro atoms. The maximum atomic E-state index is 13.8. The summed E-state index contributed by atoms with van der Waals surface area (Å²) >= 11 is 1.72. The summed E-state index contributed by atoms with van der Waals surface area (Å²) in [4.78, 5) is 42.4. The highest BCUT2D eigenvalue weighted by Crippen LogP contribution is 2.54.